The highest BCUT2D eigenvalue weighted by atomic mass is 32.2. The molecule has 0 unspecified atom stereocenters. The van der Waals surface area contributed by atoms with Crippen LogP contribution in [0.1, 0.15) is 27.7 Å². The number of rotatable bonds is 4. The maximum atomic E-state index is 5.33. The Balaban J connectivity index is 3.46. The molecule has 0 aliphatic heterocycles. The van der Waals surface area contributed by atoms with E-state index >= 15 is 0 Å². The van der Waals surface area contributed by atoms with E-state index in [0.29, 0.717) is 5.25 Å². The smallest absolute Gasteiger partial charge is 0.0355 e. The first kappa shape index (κ1) is 10.3. The van der Waals surface area contributed by atoms with Crippen molar-refractivity contribution >= 4 is 11.8 Å². The van der Waals surface area contributed by atoms with Crippen LogP contribution in [-0.2, 0) is 0 Å². The summed E-state index contributed by atoms with van der Waals surface area (Å²) in [5.74, 6) is 6.39. The second-order valence-electron chi connectivity index (χ2n) is 3.39. The Morgan fingerprint density at radius 2 is 2.00 bits per heavy atom. The molecule has 0 aliphatic carbocycles. The van der Waals surface area contributed by atoms with Gasteiger partial charge in [-0.25, -0.2) is 0 Å². The molecule has 0 aliphatic rings. The van der Waals surface area contributed by atoms with Crippen LogP contribution in [0.15, 0.2) is 0 Å². The van der Waals surface area contributed by atoms with Gasteiger partial charge in [-0.15, -0.1) is 0 Å². The van der Waals surface area contributed by atoms with Gasteiger partial charge in [0, 0.05) is 11.3 Å². The molecular formula is C7H18N2S. The fourth-order valence-electron chi connectivity index (χ4n) is 0.417. The summed E-state index contributed by atoms with van der Waals surface area (Å²) in [7, 11) is 0. The Kier molecular flexibility index (Phi) is 4.32. The lowest BCUT2D eigenvalue weighted by Gasteiger charge is -2.23. The van der Waals surface area contributed by atoms with Gasteiger partial charge in [-0.1, -0.05) is 13.8 Å². The maximum Gasteiger partial charge on any atom is 0.0355 e. The van der Waals surface area contributed by atoms with E-state index in [9.17, 15) is 0 Å². The molecule has 0 saturated heterocycles. The van der Waals surface area contributed by atoms with Gasteiger partial charge in [0.05, 0.1) is 0 Å². The maximum absolute atomic E-state index is 5.33. The Hall–Kier alpha value is 0.270. The van der Waals surface area contributed by atoms with Crippen LogP contribution in [0.4, 0.5) is 0 Å². The molecule has 0 rings (SSSR count). The van der Waals surface area contributed by atoms with Gasteiger partial charge in [-0.05, 0) is 19.1 Å². The number of thioether (sulfide) groups is 1. The van der Waals surface area contributed by atoms with Crippen molar-refractivity contribution in [3.8, 4) is 0 Å². The zero-order valence-corrected chi connectivity index (χ0v) is 8.09. The Labute approximate surface area is 67.9 Å². The minimum Gasteiger partial charge on any atom is -0.271 e. The van der Waals surface area contributed by atoms with Crippen molar-refractivity contribution in [1.82, 2.24) is 5.43 Å². The van der Waals surface area contributed by atoms with E-state index in [-0.39, 0.29) is 5.54 Å². The highest BCUT2D eigenvalue weighted by Gasteiger charge is 2.15. The van der Waals surface area contributed by atoms with E-state index in [2.05, 4.69) is 33.1 Å². The Morgan fingerprint density at radius 3 is 2.30 bits per heavy atom. The van der Waals surface area contributed by atoms with Crippen LogP contribution in [0.25, 0.3) is 0 Å². The van der Waals surface area contributed by atoms with Gasteiger partial charge < -0.3 is 0 Å². The van der Waals surface area contributed by atoms with Crippen molar-refractivity contribution in [1.29, 1.82) is 0 Å². The minimum absolute atomic E-state index is 0.0644. The molecule has 2 nitrogen and oxygen atoms in total. The van der Waals surface area contributed by atoms with Crippen LogP contribution in [0, 0.1) is 0 Å². The molecule has 0 spiro atoms. The van der Waals surface area contributed by atoms with Crippen LogP contribution in [0.5, 0.6) is 0 Å². The predicted molar refractivity (Wildman–Crippen MR) is 49.0 cm³/mol. The lowest BCUT2D eigenvalue weighted by atomic mass is 10.1. The first-order valence-corrected chi connectivity index (χ1v) is 4.62. The van der Waals surface area contributed by atoms with Gasteiger partial charge in [0.15, 0.2) is 0 Å². The molecule has 3 N–H and O–H groups in total. The fourth-order valence-corrected chi connectivity index (χ4v) is 1.25. The van der Waals surface area contributed by atoms with E-state index in [1.165, 1.54) is 0 Å². The van der Waals surface area contributed by atoms with Crippen molar-refractivity contribution in [3.63, 3.8) is 0 Å². The molecule has 0 heterocycles. The summed E-state index contributed by atoms with van der Waals surface area (Å²) < 4.78 is 0. The Morgan fingerprint density at radius 1 is 1.50 bits per heavy atom. The first-order valence-electron chi connectivity index (χ1n) is 3.57. The molecule has 0 aromatic carbocycles. The number of hydrogen-bond donors (Lipinski definition) is 2. The lowest BCUT2D eigenvalue weighted by molar-refractivity contribution is 0.446. The van der Waals surface area contributed by atoms with E-state index in [1.807, 2.05) is 11.8 Å². The van der Waals surface area contributed by atoms with Gasteiger partial charge in [-0.3, -0.25) is 11.3 Å². The highest BCUT2D eigenvalue weighted by molar-refractivity contribution is 7.99. The van der Waals surface area contributed by atoms with Crippen LogP contribution in [0.3, 0.4) is 0 Å². The highest BCUT2D eigenvalue weighted by Crippen LogP contribution is 2.15. The number of nitrogens with two attached hydrogens (primary N) is 1. The van der Waals surface area contributed by atoms with Crippen molar-refractivity contribution in [3.05, 3.63) is 0 Å². The third-order valence-corrected chi connectivity index (χ3v) is 2.72. The summed E-state index contributed by atoms with van der Waals surface area (Å²) in [6.07, 6.45) is 0. The average Bonchev–Trinajstić information content (AvgIpc) is 1.85. The molecule has 0 bridgehead atoms. The molecule has 10 heavy (non-hydrogen) atoms. The van der Waals surface area contributed by atoms with Crippen LogP contribution >= 0.6 is 11.8 Å². The van der Waals surface area contributed by atoms with E-state index < -0.39 is 0 Å². The first-order chi connectivity index (χ1) is 4.48. The summed E-state index contributed by atoms with van der Waals surface area (Å²) in [5.41, 5.74) is 2.84. The monoisotopic (exact) mass is 162 g/mol. The number of hydrogen-bond acceptors (Lipinski definition) is 3. The molecule has 0 atom stereocenters. The molecule has 0 saturated carbocycles. The van der Waals surface area contributed by atoms with Crippen molar-refractivity contribution in [2.24, 2.45) is 5.84 Å². The molecule has 62 valence electrons. The van der Waals surface area contributed by atoms with Gasteiger partial charge in [0.2, 0.25) is 0 Å². The molecule has 0 fully saturated rings. The molecular weight excluding hydrogens is 144 g/mol. The lowest BCUT2D eigenvalue weighted by Crippen LogP contribution is -2.46. The number of nitrogens with one attached hydrogen (secondary N) is 1. The van der Waals surface area contributed by atoms with E-state index in [1.54, 1.807) is 0 Å². The average molecular weight is 162 g/mol. The predicted octanol–water partition coefficient (Wildman–Crippen LogP) is 1.37. The van der Waals surface area contributed by atoms with Crippen molar-refractivity contribution in [2.75, 3.05) is 5.75 Å². The topological polar surface area (TPSA) is 38.0 Å². The quantitative estimate of drug-likeness (QED) is 0.484. The molecule has 0 radical (unpaired) electrons. The zero-order valence-electron chi connectivity index (χ0n) is 7.27. The van der Waals surface area contributed by atoms with Crippen molar-refractivity contribution in [2.45, 2.75) is 38.5 Å². The molecule has 0 amide bonds. The standard InChI is InChI=1S/C7H18N2S/c1-6(2)10-5-7(3,4)9-8/h6,9H,5,8H2,1-4H3. The van der Waals surface area contributed by atoms with Crippen LogP contribution in [-0.4, -0.2) is 16.5 Å². The largest absolute Gasteiger partial charge is 0.271 e. The normalized spacial score (nSPS) is 12.6. The summed E-state index contributed by atoms with van der Waals surface area (Å²) >= 11 is 1.92. The zero-order chi connectivity index (χ0) is 8.20. The third kappa shape index (κ3) is 5.09. The summed E-state index contributed by atoms with van der Waals surface area (Å²) in [6.45, 7) is 8.58. The van der Waals surface area contributed by atoms with E-state index in [4.69, 9.17) is 5.84 Å². The summed E-state index contributed by atoms with van der Waals surface area (Å²) in [4.78, 5) is 0. The van der Waals surface area contributed by atoms with Gasteiger partial charge >= 0.3 is 0 Å². The molecule has 3 heteroatoms. The SMILES string of the molecule is CC(C)SCC(C)(C)NN. The van der Waals surface area contributed by atoms with E-state index in [0.717, 1.165) is 5.75 Å². The summed E-state index contributed by atoms with van der Waals surface area (Å²) in [6, 6.07) is 0. The van der Waals surface area contributed by atoms with Gasteiger partial charge in [0.1, 0.15) is 0 Å². The molecule has 0 aromatic rings. The Bertz CT molecular complexity index is 91.6. The van der Waals surface area contributed by atoms with Gasteiger partial charge in [0.25, 0.3) is 0 Å². The van der Waals surface area contributed by atoms with Crippen LogP contribution in [0.2, 0.25) is 0 Å². The van der Waals surface area contributed by atoms with Crippen LogP contribution < -0.4 is 11.3 Å². The number of hydrazine groups is 1. The third-order valence-electron chi connectivity index (χ3n) is 1.17. The minimum atomic E-state index is 0.0644. The fraction of sp³-hybridized carbons (Fsp3) is 1.00. The second kappa shape index (κ2) is 4.21. The second-order valence-corrected chi connectivity index (χ2v) is 4.95. The van der Waals surface area contributed by atoms with Crippen molar-refractivity contribution < 1.29 is 0 Å². The van der Waals surface area contributed by atoms with Gasteiger partial charge in [-0.2, -0.15) is 11.8 Å². The summed E-state index contributed by atoms with van der Waals surface area (Å²) in [5, 5.41) is 0.688. The molecule has 0 aromatic heterocycles.